The van der Waals surface area contributed by atoms with Crippen molar-refractivity contribution in [1.29, 1.82) is 0 Å². The van der Waals surface area contributed by atoms with Gasteiger partial charge >= 0.3 is 0 Å². The largest absolute Gasteiger partial charge is 0.379 e. The van der Waals surface area contributed by atoms with E-state index in [9.17, 15) is 13.2 Å². The topological polar surface area (TPSA) is 116 Å². The third-order valence-electron chi connectivity index (χ3n) is 6.16. The summed E-state index contributed by atoms with van der Waals surface area (Å²) >= 11 is 0. The Morgan fingerprint density at radius 1 is 0.889 bits per heavy atom. The van der Waals surface area contributed by atoms with Crippen LogP contribution in [0.5, 0.6) is 0 Å². The van der Waals surface area contributed by atoms with Crippen LogP contribution < -0.4 is 11.5 Å². The Morgan fingerprint density at radius 3 is 2.00 bits per heavy atom. The predicted octanol–water partition coefficient (Wildman–Crippen LogP) is 2.38. The van der Waals surface area contributed by atoms with Gasteiger partial charge < -0.3 is 16.2 Å². The van der Waals surface area contributed by atoms with E-state index >= 15 is 0 Å². The van der Waals surface area contributed by atoms with E-state index in [-0.39, 0.29) is 4.90 Å². The Bertz CT molecular complexity index is 1360. The van der Waals surface area contributed by atoms with Crippen LogP contribution in [0, 0.1) is 11.8 Å². The maximum absolute atomic E-state index is 13.5. The molecule has 1 saturated heterocycles. The summed E-state index contributed by atoms with van der Waals surface area (Å²) in [6.45, 7) is 4.30. The molecule has 1 unspecified atom stereocenters. The first-order valence-corrected chi connectivity index (χ1v) is 13.1. The van der Waals surface area contributed by atoms with Crippen LogP contribution in [0.2, 0.25) is 0 Å². The first-order chi connectivity index (χ1) is 17.3. The van der Waals surface area contributed by atoms with Gasteiger partial charge in [0, 0.05) is 30.8 Å². The zero-order chi connectivity index (χ0) is 25.6. The minimum absolute atomic E-state index is 0.00637. The van der Waals surface area contributed by atoms with Crippen LogP contribution in [-0.4, -0.2) is 45.5 Å². The van der Waals surface area contributed by atoms with Crippen molar-refractivity contribution in [3.63, 3.8) is 0 Å². The second-order valence-corrected chi connectivity index (χ2v) is 11.0. The van der Waals surface area contributed by atoms with Crippen molar-refractivity contribution >= 4 is 15.7 Å². The monoisotopic (exact) mass is 503 g/mol. The molecule has 0 aliphatic carbocycles. The Kier molecular flexibility index (Phi) is 7.87. The Balaban J connectivity index is 1.50. The standard InChI is InChI=1S/C28H29N3O4S/c29-27(32)20-28(30,25-4-2-1-3-5-25)36(33,34)26-14-12-23(13-15-26)7-6-22-8-10-24(11-9-22)21-31-16-18-35-19-17-31/h1-5,8-15H,16-21,30H2,(H2,29,32). The second-order valence-electron chi connectivity index (χ2n) is 8.76. The molecule has 3 aromatic carbocycles. The lowest BCUT2D eigenvalue weighted by Crippen LogP contribution is -2.47. The van der Waals surface area contributed by atoms with E-state index in [1.807, 2.05) is 12.1 Å². The first kappa shape index (κ1) is 25.6. The molecule has 36 heavy (non-hydrogen) atoms. The zero-order valence-electron chi connectivity index (χ0n) is 19.9. The summed E-state index contributed by atoms with van der Waals surface area (Å²) < 4.78 is 32.3. The SMILES string of the molecule is NC(=O)CC(N)(c1ccccc1)S(=O)(=O)c1ccc(C#Cc2ccc(CN3CCOCC3)cc2)cc1. The molecule has 1 aliphatic rings. The summed E-state index contributed by atoms with van der Waals surface area (Å²) in [6.07, 6.45) is -0.539. The highest BCUT2D eigenvalue weighted by molar-refractivity contribution is 7.92. The van der Waals surface area contributed by atoms with Gasteiger partial charge in [0.2, 0.25) is 15.7 Å². The normalized spacial score (nSPS) is 15.9. The highest BCUT2D eigenvalue weighted by atomic mass is 32.2. The van der Waals surface area contributed by atoms with Gasteiger partial charge in [0.25, 0.3) is 0 Å². The quantitative estimate of drug-likeness (QED) is 0.479. The molecule has 1 heterocycles. The molecule has 186 valence electrons. The number of rotatable bonds is 7. The van der Waals surface area contributed by atoms with Gasteiger partial charge in [0.1, 0.15) is 0 Å². The van der Waals surface area contributed by atoms with Crippen LogP contribution in [0.3, 0.4) is 0 Å². The number of hydrogen-bond donors (Lipinski definition) is 2. The number of primary amides is 1. The summed E-state index contributed by atoms with van der Waals surface area (Å²) in [5, 5.41) is 0. The molecule has 8 heteroatoms. The van der Waals surface area contributed by atoms with E-state index in [1.54, 1.807) is 42.5 Å². The van der Waals surface area contributed by atoms with Crippen LogP contribution in [0.25, 0.3) is 0 Å². The minimum Gasteiger partial charge on any atom is -0.379 e. The Morgan fingerprint density at radius 2 is 1.44 bits per heavy atom. The van der Waals surface area contributed by atoms with E-state index in [0.717, 1.165) is 38.4 Å². The fourth-order valence-corrected chi connectivity index (χ4v) is 5.81. The molecule has 4 N–H and O–H groups in total. The number of nitrogens with two attached hydrogens (primary N) is 2. The molecule has 0 saturated carbocycles. The molecular formula is C28H29N3O4S. The Labute approximate surface area is 212 Å². The number of morpholine rings is 1. The van der Waals surface area contributed by atoms with E-state index in [2.05, 4.69) is 28.9 Å². The number of ether oxygens (including phenoxy) is 1. The molecule has 1 aliphatic heterocycles. The van der Waals surface area contributed by atoms with Crippen molar-refractivity contribution in [1.82, 2.24) is 4.90 Å². The molecule has 3 aromatic rings. The molecular weight excluding hydrogens is 474 g/mol. The lowest BCUT2D eigenvalue weighted by molar-refractivity contribution is -0.118. The number of benzene rings is 3. The summed E-state index contributed by atoms with van der Waals surface area (Å²) in [7, 11) is -4.13. The van der Waals surface area contributed by atoms with Crippen LogP contribution in [0.15, 0.2) is 83.8 Å². The van der Waals surface area contributed by atoms with Crippen LogP contribution in [0.4, 0.5) is 0 Å². The third kappa shape index (κ3) is 5.83. The molecule has 4 rings (SSSR count). The molecule has 0 radical (unpaired) electrons. The molecule has 1 atom stereocenters. The highest BCUT2D eigenvalue weighted by Gasteiger charge is 2.44. The maximum atomic E-state index is 13.5. The van der Waals surface area contributed by atoms with E-state index in [4.69, 9.17) is 16.2 Å². The smallest absolute Gasteiger partial charge is 0.220 e. The van der Waals surface area contributed by atoms with Gasteiger partial charge in [-0.25, -0.2) is 8.42 Å². The Hall–Kier alpha value is -3.48. The van der Waals surface area contributed by atoms with Crippen molar-refractivity contribution in [3.05, 3.63) is 101 Å². The van der Waals surface area contributed by atoms with Gasteiger partial charge in [-0.1, -0.05) is 54.3 Å². The fourth-order valence-electron chi connectivity index (χ4n) is 4.11. The molecule has 1 amide bonds. The first-order valence-electron chi connectivity index (χ1n) is 11.7. The summed E-state index contributed by atoms with van der Waals surface area (Å²) in [6, 6.07) is 22.5. The van der Waals surface area contributed by atoms with Crippen LogP contribution >= 0.6 is 0 Å². The molecule has 0 bridgehead atoms. The zero-order valence-corrected chi connectivity index (χ0v) is 20.7. The summed E-state index contributed by atoms with van der Waals surface area (Å²) in [4.78, 5) is 12.1. The molecule has 0 aromatic heterocycles. The number of nitrogens with zero attached hydrogens (tertiary/aromatic N) is 1. The van der Waals surface area contributed by atoms with Gasteiger partial charge in [-0.15, -0.1) is 0 Å². The maximum Gasteiger partial charge on any atom is 0.220 e. The lowest BCUT2D eigenvalue weighted by atomic mass is 10.0. The average molecular weight is 504 g/mol. The van der Waals surface area contributed by atoms with E-state index < -0.39 is 27.0 Å². The van der Waals surface area contributed by atoms with Crippen LogP contribution in [0.1, 0.15) is 28.7 Å². The van der Waals surface area contributed by atoms with Crippen molar-refractivity contribution in [2.75, 3.05) is 26.3 Å². The molecule has 7 nitrogen and oxygen atoms in total. The minimum atomic E-state index is -4.13. The average Bonchev–Trinajstić information content (AvgIpc) is 2.89. The van der Waals surface area contributed by atoms with Gasteiger partial charge in [0.05, 0.1) is 24.5 Å². The number of sulfone groups is 1. The van der Waals surface area contributed by atoms with Crippen molar-refractivity contribution in [2.45, 2.75) is 22.7 Å². The lowest BCUT2D eigenvalue weighted by Gasteiger charge is -2.28. The van der Waals surface area contributed by atoms with Crippen molar-refractivity contribution < 1.29 is 17.9 Å². The van der Waals surface area contributed by atoms with Gasteiger partial charge in [-0.2, -0.15) is 0 Å². The number of amides is 1. The van der Waals surface area contributed by atoms with E-state index in [1.165, 1.54) is 17.7 Å². The summed E-state index contributed by atoms with van der Waals surface area (Å²) in [5.41, 5.74) is 14.7. The van der Waals surface area contributed by atoms with Gasteiger partial charge in [-0.05, 0) is 47.5 Å². The van der Waals surface area contributed by atoms with Crippen molar-refractivity contribution in [2.24, 2.45) is 11.5 Å². The van der Waals surface area contributed by atoms with Crippen molar-refractivity contribution in [3.8, 4) is 11.8 Å². The molecule has 0 spiro atoms. The number of carbonyl (C=O) groups excluding carboxylic acids is 1. The molecule has 1 fully saturated rings. The second kappa shape index (κ2) is 11.1. The highest BCUT2D eigenvalue weighted by Crippen LogP contribution is 2.34. The third-order valence-corrected chi connectivity index (χ3v) is 8.39. The predicted molar refractivity (Wildman–Crippen MR) is 138 cm³/mol. The summed E-state index contributed by atoms with van der Waals surface area (Å²) in [5.74, 6) is 5.38. The van der Waals surface area contributed by atoms with E-state index in [0.29, 0.717) is 11.1 Å². The van der Waals surface area contributed by atoms with Gasteiger partial charge in [0.15, 0.2) is 4.87 Å². The van der Waals surface area contributed by atoms with Crippen LogP contribution in [-0.2, 0) is 30.8 Å². The van der Waals surface area contributed by atoms with Gasteiger partial charge in [-0.3, -0.25) is 9.69 Å². The fraction of sp³-hybridized carbons (Fsp3) is 0.250. The number of carbonyl (C=O) groups is 1. The number of hydrogen-bond acceptors (Lipinski definition) is 6.